The Kier molecular flexibility index (Phi) is 3.95. The summed E-state index contributed by atoms with van der Waals surface area (Å²) >= 11 is 3.19. The molecule has 76 valence electrons. The van der Waals surface area contributed by atoms with Crippen LogP contribution in [0.15, 0.2) is 24.3 Å². The van der Waals surface area contributed by atoms with Crippen molar-refractivity contribution in [3.63, 3.8) is 0 Å². The van der Waals surface area contributed by atoms with Crippen molar-refractivity contribution in [3.05, 3.63) is 24.3 Å². The van der Waals surface area contributed by atoms with E-state index in [1.807, 2.05) is 18.2 Å². The Morgan fingerprint density at radius 1 is 1.57 bits per heavy atom. The molecule has 1 amide bonds. The lowest BCUT2D eigenvalue weighted by atomic mass is 10.3. The van der Waals surface area contributed by atoms with E-state index in [-0.39, 0.29) is 10.7 Å². The summed E-state index contributed by atoms with van der Waals surface area (Å²) < 4.78 is 5.03. The van der Waals surface area contributed by atoms with Crippen molar-refractivity contribution in [3.8, 4) is 5.75 Å². The first-order valence-electron chi connectivity index (χ1n) is 4.22. The Balaban J connectivity index is 2.72. The van der Waals surface area contributed by atoms with E-state index in [9.17, 15) is 4.79 Å². The Morgan fingerprint density at radius 3 is 2.86 bits per heavy atom. The molecule has 0 bridgehead atoms. The number of methoxy groups -OCH3 is 1. The third-order valence-corrected chi connectivity index (χ3v) is 2.11. The number of carbonyl (C=O) groups is 1. The zero-order valence-electron chi connectivity index (χ0n) is 8.08. The van der Waals surface area contributed by atoms with Crippen molar-refractivity contribution >= 4 is 27.5 Å². The highest BCUT2D eigenvalue weighted by Gasteiger charge is 2.08. The molecule has 0 saturated carbocycles. The summed E-state index contributed by atoms with van der Waals surface area (Å²) in [7, 11) is 1.59. The summed E-state index contributed by atoms with van der Waals surface area (Å²) in [5, 5.41) is 2.75. The van der Waals surface area contributed by atoms with Crippen LogP contribution < -0.4 is 10.1 Å². The van der Waals surface area contributed by atoms with Crippen LogP contribution >= 0.6 is 15.9 Å². The second kappa shape index (κ2) is 5.00. The lowest BCUT2D eigenvalue weighted by molar-refractivity contribution is -0.115. The minimum Gasteiger partial charge on any atom is -0.497 e. The molecule has 0 aromatic heterocycles. The van der Waals surface area contributed by atoms with Gasteiger partial charge in [-0.2, -0.15) is 0 Å². The molecule has 0 saturated heterocycles. The number of hydrogen-bond donors (Lipinski definition) is 1. The fourth-order valence-corrected chi connectivity index (χ4v) is 1.06. The van der Waals surface area contributed by atoms with Crippen molar-refractivity contribution in [1.29, 1.82) is 0 Å². The third kappa shape index (κ3) is 3.03. The lowest BCUT2D eigenvalue weighted by Gasteiger charge is -2.07. The summed E-state index contributed by atoms with van der Waals surface area (Å²) in [4.78, 5) is 11.1. The average Bonchev–Trinajstić information content (AvgIpc) is 2.18. The summed E-state index contributed by atoms with van der Waals surface area (Å²) in [6.07, 6.45) is 0. The maximum Gasteiger partial charge on any atom is 0.237 e. The number of ether oxygens (including phenoxy) is 1. The molecule has 0 aliphatic heterocycles. The van der Waals surface area contributed by atoms with Gasteiger partial charge in [-0.15, -0.1) is 0 Å². The average molecular weight is 258 g/mol. The van der Waals surface area contributed by atoms with E-state index in [0.29, 0.717) is 0 Å². The van der Waals surface area contributed by atoms with Crippen LogP contribution in [0.3, 0.4) is 0 Å². The predicted octanol–water partition coefficient (Wildman–Crippen LogP) is 2.42. The number of amides is 1. The van der Waals surface area contributed by atoms with Crippen molar-refractivity contribution in [1.82, 2.24) is 0 Å². The first-order chi connectivity index (χ1) is 6.63. The minimum absolute atomic E-state index is 0.0711. The van der Waals surface area contributed by atoms with Gasteiger partial charge in [-0.25, -0.2) is 0 Å². The SMILES string of the molecule is COc1cccc(NC(=O)C(C)Br)c1. The molecule has 0 fully saturated rings. The highest BCUT2D eigenvalue weighted by Crippen LogP contribution is 2.17. The molecule has 0 aliphatic carbocycles. The highest BCUT2D eigenvalue weighted by atomic mass is 79.9. The molecule has 4 heteroatoms. The smallest absolute Gasteiger partial charge is 0.237 e. The predicted molar refractivity (Wildman–Crippen MR) is 60.0 cm³/mol. The van der Waals surface area contributed by atoms with Crippen molar-refractivity contribution in [2.75, 3.05) is 12.4 Å². The first-order valence-corrected chi connectivity index (χ1v) is 5.14. The van der Waals surface area contributed by atoms with Crippen LogP contribution in [-0.4, -0.2) is 17.8 Å². The molecule has 3 nitrogen and oxygen atoms in total. The molecule has 1 aromatic rings. The van der Waals surface area contributed by atoms with E-state index in [2.05, 4.69) is 21.2 Å². The molecule has 0 spiro atoms. The fraction of sp³-hybridized carbons (Fsp3) is 0.300. The van der Waals surface area contributed by atoms with Crippen LogP contribution in [-0.2, 0) is 4.79 Å². The van der Waals surface area contributed by atoms with Gasteiger partial charge >= 0.3 is 0 Å². The van der Waals surface area contributed by atoms with Crippen molar-refractivity contribution in [2.24, 2.45) is 0 Å². The van der Waals surface area contributed by atoms with Gasteiger partial charge in [-0.05, 0) is 19.1 Å². The number of benzene rings is 1. The third-order valence-electron chi connectivity index (χ3n) is 1.70. The lowest BCUT2D eigenvalue weighted by Crippen LogP contribution is -2.19. The van der Waals surface area contributed by atoms with E-state index in [4.69, 9.17) is 4.74 Å². The quantitative estimate of drug-likeness (QED) is 0.845. The second-order valence-electron chi connectivity index (χ2n) is 2.84. The summed E-state index contributed by atoms with van der Waals surface area (Å²) in [5.41, 5.74) is 0.737. The molecule has 0 aliphatic rings. The number of rotatable bonds is 3. The van der Waals surface area contributed by atoms with Gasteiger partial charge < -0.3 is 10.1 Å². The molecule has 1 aromatic carbocycles. The van der Waals surface area contributed by atoms with E-state index in [0.717, 1.165) is 11.4 Å². The first kappa shape index (κ1) is 11.0. The number of hydrogen-bond acceptors (Lipinski definition) is 2. The van der Waals surface area contributed by atoms with Crippen LogP contribution in [0.1, 0.15) is 6.92 Å². The summed E-state index contributed by atoms with van der Waals surface area (Å²) in [6, 6.07) is 7.24. The van der Waals surface area contributed by atoms with Crippen LogP contribution in [0.4, 0.5) is 5.69 Å². The molecule has 1 rings (SSSR count). The monoisotopic (exact) mass is 257 g/mol. The number of alkyl halides is 1. The minimum atomic E-state index is -0.200. The number of halogens is 1. The van der Waals surface area contributed by atoms with E-state index >= 15 is 0 Å². The van der Waals surface area contributed by atoms with Gasteiger partial charge in [0.2, 0.25) is 5.91 Å². The van der Waals surface area contributed by atoms with Crippen molar-refractivity contribution < 1.29 is 9.53 Å². The normalized spacial score (nSPS) is 11.9. The molecule has 1 atom stereocenters. The molecule has 0 radical (unpaired) electrons. The van der Waals surface area contributed by atoms with Gasteiger partial charge in [-0.3, -0.25) is 4.79 Å². The molecular weight excluding hydrogens is 246 g/mol. The van der Waals surface area contributed by atoms with Crippen LogP contribution in [0.25, 0.3) is 0 Å². The molecule has 1 unspecified atom stereocenters. The van der Waals surface area contributed by atoms with Gasteiger partial charge in [0.05, 0.1) is 11.9 Å². The summed E-state index contributed by atoms with van der Waals surface area (Å²) in [6.45, 7) is 1.77. The summed E-state index contributed by atoms with van der Waals surface area (Å²) in [5.74, 6) is 0.656. The molecular formula is C10H12BrNO2. The van der Waals surface area contributed by atoms with Gasteiger partial charge in [0.15, 0.2) is 0 Å². The Bertz CT molecular complexity index is 326. The zero-order chi connectivity index (χ0) is 10.6. The van der Waals surface area contributed by atoms with Crippen LogP contribution in [0.5, 0.6) is 5.75 Å². The largest absolute Gasteiger partial charge is 0.497 e. The van der Waals surface area contributed by atoms with Crippen LogP contribution in [0.2, 0.25) is 0 Å². The van der Waals surface area contributed by atoms with E-state index in [1.54, 1.807) is 20.1 Å². The molecule has 0 heterocycles. The molecule has 14 heavy (non-hydrogen) atoms. The van der Waals surface area contributed by atoms with Crippen molar-refractivity contribution in [2.45, 2.75) is 11.8 Å². The number of nitrogens with one attached hydrogen (secondary N) is 1. The Hall–Kier alpha value is -1.03. The van der Waals surface area contributed by atoms with Crippen LogP contribution in [0, 0.1) is 0 Å². The Morgan fingerprint density at radius 2 is 2.29 bits per heavy atom. The Labute approximate surface area is 91.6 Å². The number of anilines is 1. The van der Waals surface area contributed by atoms with Gasteiger partial charge in [0.1, 0.15) is 5.75 Å². The zero-order valence-corrected chi connectivity index (χ0v) is 9.67. The maximum atomic E-state index is 11.3. The van der Waals surface area contributed by atoms with E-state index in [1.165, 1.54) is 0 Å². The second-order valence-corrected chi connectivity index (χ2v) is 4.21. The van der Waals surface area contributed by atoms with Gasteiger partial charge in [0.25, 0.3) is 0 Å². The van der Waals surface area contributed by atoms with Gasteiger partial charge in [-0.1, -0.05) is 22.0 Å². The number of carbonyl (C=O) groups excluding carboxylic acids is 1. The topological polar surface area (TPSA) is 38.3 Å². The standard InChI is InChI=1S/C10H12BrNO2/c1-7(11)10(13)12-8-4-3-5-9(6-8)14-2/h3-7H,1-2H3,(H,12,13). The fourth-order valence-electron chi connectivity index (χ4n) is 0.943. The van der Waals surface area contributed by atoms with E-state index < -0.39 is 0 Å². The highest BCUT2D eigenvalue weighted by molar-refractivity contribution is 9.10. The maximum absolute atomic E-state index is 11.3. The molecule has 1 N–H and O–H groups in total. The van der Waals surface area contributed by atoms with Gasteiger partial charge in [0, 0.05) is 11.8 Å².